The van der Waals surface area contributed by atoms with Gasteiger partial charge in [0.1, 0.15) is 17.0 Å². The lowest BCUT2D eigenvalue weighted by molar-refractivity contribution is -0.156. The molecule has 2 amide bonds. The Hall–Kier alpha value is -3.30. The number of nitrogens with zero attached hydrogens (tertiary/aromatic N) is 1. The molecular weight excluding hydrogens is 536 g/mol. The van der Waals surface area contributed by atoms with E-state index in [2.05, 4.69) is 5.32 Å². The van der Waals surface area contributed by atoms with E-state index < -0.39 is 23.6 Å². The summed E-state index contributed by atoms with van der Waals surface area (Å²) in [5, 5.41) is 12.9. The number of rotatable bonds is 16. The van der Waals surface area contributed by atoms with E-state index in [0.717, 1.165) is 41.0 Å². The minimum absolute atomic E-state index is 0.165. The van der Waals surface area contributed by atoms with Crippen LogP contribution in [0.25, 0.3) is 0 Å². The first-order valence-corrected chi connectivity index (χ1v) is 15.3. The summed E-state index contributed by atoms with van der Waals surface area (Å²) in [5.41, 5.74) is 1.62. The number of nitrogens with one attached hydrogen (secondary N) is 1. The van der Waals surface area contributed by atoms with Gasteiger partial charge in [-0.3, -0.25) is 0 Å². The van der Waals surface area contributed by atoms with Gasteiger partial charge in [0.15, 0.2) is 0 Å². The van der Waals surface area contributed by atoms with E-state index in [4.69, 9.17) is 18.9 Å². The number of carboxylic acids is 1. The van der Waals surface area contributed by atoms with Crippen molar-refractivity contribution in [2.24, 2.45) is 0 Å². The van der Waals surface area contributed by atoms with Gasteiger partial charge in [-0.25, -0.2) is 9.59 Å². The Kier molecular flexibility index (Phi) is 10.7. The van der Waals surface area contributed by atoms with Crippen molar-refractivity contribution in [2.45, 2.75) is 90.0 Å². The van der Waals surface area contributed by atoms with Gasteiger partial charge < -0.3 is 34.3 Å². The summed E-state index contributed by atoms with van der Waals surface area (Å²) in [6.45, 7) is 11.8. The van der Waals surface area contributed by atoms with Crippen molar-refractivity contribution in [1.82, 2.24) is 10.2 Å². The molecule has 2 aromatic rings. The first-order chi connectivity index (χ1) is 20.2. The quantitative estimate of drug-likeness (QED) is 0.242. The molecule has 2 saturated carbocycles. The van der Waals surface area contributed by atoms with Crippen molar-refractivity contribution in [2.75, 3.05) is 33.0 Å². The third-order valence-corrected chi connectivity index (χ3v) is 8.20. The number of carbonyl (C=O) groups excluding carboxylic acids is 1. The molecule has 9 nitrogen and oxygen atoms in total. The van der Waals surface area contributed by atoms with Gasteiger partial charge in [0.05, 0.1) is 38.1 Å². The summed E-state index contributed by atoms with van der Waals surface area (Å²) in [6, 6.07) is 13.0. The average Bonchev–Trinajstić information content (AvgIpc) is 3.79. The number of benzene rings is 2. The van der Waals surface area contributed by atoms with Crippen molar-refractivity contribution in [3.05, 3.63) is 59.2 Å². The fraction of sp³-hybridized carbons (Fsp3) is 0.576. The molecule has 2 atom stereocenters. The average molecular weight is 583 g/mol. The fourth-order valence-corrected chi connectivity index (χ4v) is 5.66. The van der Waals surface area contributed by atoms with Crippen LogP contribution in [0.4, 0.5) is 4.79 Å². The minimum atomic E-state index is -1.37. The lowest BCUT2D eigenvalue weighted by Crippen LogP contribution is -2.66. The Morgan fingerprint density at radius 1 is 0.976 bits per heavy atom. The van der Waals surface area contributed by atoms with Crippen LogP contribution in [0.1, 0.15) is 95.1 Å². The lowest BCUT2D eigenvalue weighted by atomic mass is 9.74. The van der Waals surface area contributed by atoms with Crippen LogP contribution in [0.3, 0.4) is 0 Å². The molecule has 2 N–H and O–H groups in total. The number of hydrogen-bond acceptors (Lipinski definition) is 6. The first-order valence-electron chi connectivity index (χ1n) is 15.3. The molecule has 230 valence electrons. The van der Waals surface area contributed by atoms with Crippen molar-refractivity contribution in [3.8, 4) is 11.5 Å². The summed E-state index contributed by atoms with van der Waals surface area (Å²) in [4.78, 5) is 27.8. The van der Waals surface area contributed by atoms with Gasteiger partial charge in [-0.2, -0.15) is 0 Å². The third-order valence-electron chi connectivity index (χ3n) is 8.20. The molecule has 2 aliphatic rings. The highest BCUT2D eigenvalue weighted by Crippen LogP contribution is 2.50. The van der Waals surface area contributed by atoms with E-state index in [-0.39, 0.29) is 38.2 Å². The van der Waals surface area contributed by atoms with Crippen molar-refractivity contribution < 1.29 is 33.6 Å². The van der Waals surface area contributed by atoms with Crippen LogP contribution in [0, 0.1) is 0 Å². The van der Waals surface area contributed by atoms with Gasteiger partial charge in [-0.05, 0) is 76.6 Å². The van der Waals surface area contributed by atoms with Crippen LogP contribution in [-0.2, 0) is 14.3 Å². The zero-order valence-corrected chi connectivity index (χ0v) is 25.6. The first kappa shape index (κ1) is 31.6. The number of ether oxygens (including phenoxy) is 4. The standard InChI is InChI=1S/C33H46N2O7/c1-6-39-27-20-33(21-27,31(36)37)34-32(38)35(16-17-42-23(5)24-12-10-9-11-13-24)22(4)26-18-28(40-7-2)30(25-14-15-25)29(19-26)41-8-3/h9-13,18-19,22-23,25,27H,6-8,14-17,20-21H2,1-5H3,(H,34,38)(H,36,37)/t22-,23+,27-,33+/m1/s1. The maximum Gasteiger partial charge on any atom is 0.329 e. The van der Waals surface area contributed by atoms with E-state index in [1.165, 1.54) is 0 Å². The Morgan fingerprint density at radius 3 is 2.12 bits per heavy atom. The van der Waals surface area contributed by atoms with Gasteiger partial charge in [-0.15, -0.1) is 0 Å². The molecule has 0 unspecified atom stereocenters. The molecule has 2 aliphatic carbocycles. The highest BCUT2D eigenvalue weighted by molar-refractivity contribution is 5.87. The smallest absolute Gasteiger partial charge is 0.329 e. The van der Waals surface area contributed by atoms with Crippen LogP contribution in [0.2, 0.25) is 0 Å². The summed E-state index contributed by atoms with van der Waals surface area (Å²) < 4.78 is 23.9. The van der Waals surface area contributed by atoms with Crippen LogP contribution in [0.5, 0.6) is 11.5 Å². The van der Waals surface area contributed by atoms with Crippen LogP contribution >= 0.6 is 0 Å². The molecule has 0 radical (unpaired) electrons. The minimum Gasteiger partial charge on any atom is -0.493 e. The molecular formula is C33H46N2O7. The Balaban J connectivity index is 1.59. The molecule has 42 heavy (non-hydrogen) atoms. The van der Waals surface area contributed by atoms with Crippen LogP contribution < -0.4 is 14.8 Å². The highest BCUT2D eigenvalue weighted by Gasteiger charge is 2.53. The molecule has 0 aromatic heterocycles. The molecule has 0 aliphatic heterocycles. The molecule has 9 heteroatoms. The van der Waals surface area contributed by atoms with Crippen molar-refractivity contribution >= 4 is 12.0 Å². The van der Waals surface area contributed by atoms with Gasteiger partial charge in [0.2, 0.25) is 0 Å². The van der Waals surface area contributed by atoms with E-state index in [0.29, 0.717) is 25.7 Å². The Bertz CT molecular complexity index is 1170. The number of hydrogen-bond donors (Lipinski definition) is 2. The monoisotopic (exact) mass is 582 g/mol. The molecule has 0 saturated heterocycles. The Morgan fingerprint density at radius 2 is 1.60 bits per heavy atom. The molecule has 0 heterocycles. The number of amides is 2. The molecule has 2 fully saturated rings. The third kappa shape index (κ3) is 7.36. The van der Waals surface area contributed by atoms with Gasteiger partial charge in [-0.1, -0.05) is 30.3 Å². The van der Waals surface area contributed by atoms with Crippen LogP contribution in [0.15, 0.2) is 42.5 Å². The number of carboxylic acid groups (broad SMARTS) is 1. The number of urea groups is 1. The zero-order valence-electron chi connectivity index (χ0n) is 25.6. The number of aliphatic carboxylic acids is 1. The van der Waals surface area contributed by atoms with Gasteiger partial charge in [0.25, 0.3) is 0 Å². The van der Waals surface area contributed by atoms with Crippen LogP contribution in [-0.4, -0.2) is 66.6 Å². The summed E-state index contributed by atoms with van der Waals surface area (Å²) in [5.74, 6) is 0.918. The van der Waals surface area contributed by atoms with Crippen molar-refractivity contribution in [1.29, 1.82) is 0 Å². The summed E-state index contributed by atoms with van der Waals surface area (Å²) in [7, 11) is 0. The highest BCUT2D eigenvalue weighted by atomic mass is 16.5. The van der Waals surface area contributed by atoms with Crippen molar-refractivity contribution in [3.63, 3.8) is 0 Å². The van der Waals surface area contributed by atoms with E-state index >= 15 is 0 Å². The Labute approximate surface area is 249 Å². The maximum absolute atomic E-state index is 13.9. The second-order valence-corrected chi connectivity index (χ2v) is 11.2. The fourth-order valence-electron chi connectivity index (χ4n) is 5.66. The normalized spacial score (nSPS) is 21.1. The zero-order chi connectivity index (χ0) is 30.3. The molecule has 2 aromatic carbocycles. The molecule has 0 bridgehead atoms. The number of carbonyl (C=O) groups is 2. The molecule has 4 rings (SSSR count). The maximum atomic E-state index is 13.9. The topological polar surface area (TPSA) is 107 Å². The van der Waals surface area contributed by atoms with E-state index in [9.17, 15) is 14.7 Å². The predicted molar refractivity (Wildman–Crippen MR) is 160 cm³/mol. The predicted octanol–water partition coefficient (Wildman–Crippen LogP) is 6.23. The summed E-state index contributed by atoms with van der Waals surface area (Å²) >= 11 is 0. The SMILES string of the molecule is CCOc1cc([C@@H](C)N(CCO[C@@H](C)c2ccccc2)C(=O)N[C@]2(C(=O)O)C[C@H](OCC)C2)cc(OCC)c1C1CC1. The van der Waals surface area contributed by atoms with E-state index in [1.807, 2.05) is 77.1 Å². The second kappa shape index (κ2) is 14.2. The van der Waals surface area contributed by atoms with Gasteiger partial charge in [0, 0.05) is 31.6 Å². The molecule has 0 spiro atoms. The lowest BCUT2D eigenvalue weighted by Gasteiger charge is -2.45. The second-order valence-electron chi connectivity index (χ2n) is 11.2. The largest absolute Gasteiger partial charge is 0.493 e. The summed E-state index contributed by atoms with van der Waals surface area (Å²) in [6.07, 6.45) is 2.29. The van der Waals surface area contributed by atoms with Gasteiger partial charge >= 0.3 is 12.0 Å². The van der Waals surface area contributed by atoms with E-state index in [1.54, 1.807) is 4.90 Å².